The highest BCUT2D eigenvalue weighted by atomic mass is 32.1. The van der Waals surface area contributed by atoms with Gasteiger partial charge in [-0.25, -0.2) is 4.98 Å². The van der Waals surface area contributed by atoms with Gasteiger partial charge in [-0.1, -0.05) is 12.1 Å². The van der Waals surface area contributed by atoms with Gasteiger partial charge in [0.05, 0.1) is 23.4 Å². The predicted octanol–water partition coefficient (Wildman–Crippen LogP) is 2.90. The molecule has 0 aliphatic heterocycles. The molecule has 90 valence electrons. The van der Waals surface area contributed by atoms with Crippen molar-refractivity contribution in [2.24, 2.45) is 5.73 Å². The van der Waals surface area contributed by atoms with Crippen molar-refractivity contribution < 1.29 is 4.74 Å². The van der Waals surface area contributed by atoms with E-state index in [1.165, 1.54) is 0 Å². The maximum Gasteiger partial charge on any atom is 0.119 e. The van der Waals surface area contributed by atoms with Crippen LogP contribution < -0.4 is 10.5 Å². The summed E-state index contributed by atoms with van der Waals surface area (Å²) < 4.78 is 5.46. The summed E-state index contributed by atoms with van der Waals surface area (Å²) in [6, 6.07) is 7.69. The third-order valence-corrected chi connectivity index (χ3v) is 3.28. The molecule has 0 aliphatic carbocycles. The fourth-order valence-corrected chi connectivity index (χ4v) is 2.31. The molecule has 2 N–H and O–H groups in total. The van der Waals surface area contributed by atoms with Crippen LogP contribution in [0.1, 0.15) is 29.2 Å². The van der Waals surface area contributed by atoms with Crippen molar-refractivity contribution in [3.8, 4) is 5.75 Å². The minimum Gasteiger partial charge on any atom is -0.494 e. The molecule has 4 heteroatoms. The van der Waals surface area contributed by atoms with Gasteiger partial charge in [-0.2, -0.15) is 0 Å². The van der Waals surface area contributed by atoms with Gasteiger partial charge in [-0.15, -0.1) is 11.3 Å². The molecule has 2 rings (SSSR count). The smallest absolute Gasteiger partial charge is 0.119 e. The van der Waals surface area contributed by atoms with E-state index in [1.807, 2.05) is 43.5 Å². The summed E-state index contributed by atoms with van der Waals surface area (Å²) in [4.78, 5) is 4.42. The summed E-state index contributed by atoms with van der Waals surface area (Å²) in [6.07, 6.45) is 0. The van der Waals surface area contributed by atoms with Crippen LogP contribution in [0.25, 0.3) is 0 Å². The summed E-state index contributed by atoms with van der Waals surface area (Å²) in [6.45, 7) is 4.61. The lowest BCUT2D eigenvalue weighted by Gasteiger charge is -2.11. The fourth-order valence-electron chi connectivity index (χ4n) is 1.66. The first kappa shape index (κ1) is 12.1. The number of ether oxygens (including phenoxy) is 1. The van der Waals surface area contributed by atoms with Crippen molar-refractivity contribution in [1.29, 1.82) is 0 Å². The zero-order valence-corrected chi connectivity index (χ0v) is 10.8. The second kappa shape index (κ2) is 5.29. The van der Waals surface area contributed by atoms with Crippen LogP contribution in [0.4, 0.5) is 0 Å². The molecule has 1 aromatic carbocycles. The topological polar surface area (TPSA) is 48.1 Å². The Hall–Kier alpha value is -1.39. The number of hydrogen-bond donors (Lipinski definition) is 1. The van der Waals surface area contributed by atoms with E-state index >= 15 is 0 Å². The van der Waals surface area contributed by atoms with Crippen molar-refractivity contribution in [2.45, 2.75) is 19.9 Å². The molecule has 0 radical (unpaired) electrons. The molecular weight excluding hydrogens is 232 g/mol. The lowest BCUT2D eigenvalue weighted by Crippen LogP contribution is -2.12. The third kappa shape index (κ3) is 2.84. The number of rotatable bonds is 4. The molecule has 1 heterocycles. The predicted molar refractivity (Wildman–Crippen MR) is 70.5 cm³/mol. The Bertz CT molecular complexity index is 496. The molecule has 1 atom stereocenters. The second-order valence-corrected chi connectivity index (χ2v) is 4.84. The van der Waals surface area contributed by atoms with E-state index in [9.17, 15) is 0 Å². The van der Waals surface area contributed by atoms with Gasteiger partial charge in [-0.05, 0) is 31.5 Å². The SMILES string of the molecule is CCOc1cccc(C(N)c2csc(C)n2)c1. The lowest BCUT2D eigenvalue weighted by molar-refractivity contribution is 0.340. The van der Waals surface area contributed by atoms with E-state index in [-0.39, 0.29) is 6.04 Å². The molecule has 17 heavy (non-hydrogen) atoms. The van der Waals surface area contributed by atoms with E-state index < -0.39 is 0 Å². The Labute approximate surface area is 105 Å². The minimum absolute atomic E-state index is 0.180. The average Bonchev–Trinajstić information content (AvgIpc) is 2.76. The Morgan fingerprint density at radius 1 is 1.47 bits per heavy atom. The van der Waals surface area contributed by atoms with Crippen LogP contribution in [0.3, 0.4) is 0 Å². The lowest BCUT2D eigenvalue weighted by atomic mass is 10.1. The number of aromatic nitrogens is 1. The molecule has 0 bridgehead atoms. The monoisotopic (exact) mass is 248 g/mol. The van der Waals surface area contributed by atoms with Crippen LogP contribution in [0.2, 0.25) is 0 Å². The Morgan fingerprint density at radius 2 is 2.29 bits per heavy atom. The van der Waals surface area contributed by atoms with Crippen molar-refractivity contribution >= 4 is 11.3 Å². The number of nitrogens with two attached hydrogens (primary N) is 1. The molecule has 1 unspecified atom stereocenters. The summed E-state index contributed by atoms with van der Waals surface area (Å²) >= 11 is 1.62. The molecular formula is C13H16N2OS. The van der Waals surface area contributed by atoms with Crippen LogP contribution in [-0.4, -0.2) is 11.6 Å². The van der Waals surface area contributed by atoms with E-state index in [0.29, 0.717) is 6.61 Å². The summed E-state index contributed by atoms with van der Waals surface area (Å²) in [7, 11) is 0. The average molecular weight is 248 g/mol. The van der Waals surface area contributed by atoms with Crippen molar-refractivity contribution in [3.63, 3.8) is 0 Å². The van der Waals surface area contributed by atoms with E-state index in [2.05, 4.69) is 4.98 Å². The van der Waals surface area contributed by atoms with E-state index in [1.54, 1.807) is 11.3 Å². The van der Waals surface area contributed by atoms with Gasteiger partial charge in [0.15, 0.2) is 0 Å². The van der Waals surface area contributed by atoms with Gasteiger partial charge in [-0.3, -0.25) is 0 Å². The second-order valence-electron chi connectivity index (χ2n) is 3.77. The quantitative estimate of drug-likeness (QED) is 0.905. The standard InChI is InChI=1S/C13H16N2OS/c1-3-16-11-6-4-5-10(7-11)13(14)12-8-17-9(2)15-12/h4-8,13H,3,14H2,1-2H3. The molecule has 0 fully saturated rings. The molecule has 0 aliphatic rings. The van der Waals surface area contributed by atoms with Crippen LogP contribution >= 0.6 is 11.3 Å². The zero-order valence-electron chi connectivity index (χ0n) is 10.0. The molecule has 2 aromatic rings. The molecule has 0 saturated heterocycles. The van der Waals surface area contributed by atoms with Gasteiger partial charge >= 0.3 is 0 Å². The normalized spacial score (nSPS) is 12.4. The fraction of sp³-hybridized carbons (Fsp3) is 0.308. The summed E-state index contributed by atoms with van der Waals surface area (Å²) in [5.41, 5.74) is 8.13. The van der Waals surface area contributed by atoms with Crippen molar-refractivity contribution in [3.05, 3.63) is 45.9 Å². The summed E-state index contributed by atoms with van der Waals surface area (Å²) in [5, 5.41) is 3.05. The Balaban J connectivity index is 2.24. The molecule has 1 aromatic heterocycles. The van der Waals surface area contributed by atoms with Crippen LogP contribution in [0, 0.1) is 6.92 Å². The molecule has 0 spiro atoms. The Kier molecular flexibility index (Phi) is 3.76. The highest BCUT2D eigenvalue weighted by Gasteiger charge is 2.12. The zero-order chi connectivity index (χ0) is 12.3. The first-order chi connectivity index (χ1) is 8.20. The van der Waals surface area contributed by atoms with E-state index in [4.69, 9.17) is 10.5 Å². The van der Waals surface area contributed by atoms with Crippen LogP contribution in [-0.2, 0) is 0 Å². The van der Waals surface area contributed by atoms with Crippen LogP contribution in [0.5, 0.6) is 5.75 Å². The summed E-state index contributed by atoms with van der Waals surface area (Å²) in [5.74, 6) is 0.854. The molecule has 0 saturated carbocycles. The van der Waals surface area contributed by atoms with Gasteiger partial charge in [0.25, 0.3) is 0 Å². The highest BCUT2D eigenvalue weighted by Crippen LogP contribution is 2.24. The number of aryl methyl sites for hydroxylation is 1. The van der Waals surface area contributed by atoms with Gasteiger partial charge in [0, 0.05) is 5.38 Å². The number of thiazole rings is 1. The maximum atomic E-state index is 6.18. The van der Waals surface area contributed by atoms with Gasteiger partial charge < -0.3 is 10.5 Å². The minimum atomic E-state index is -0.180. The first-order valence-corrected chi connectivity index (χ1v) is 6.49. The number of nitrogens with zero attached hydrogens (tertiary/aromatic N) is 1. The molecule has 0 amide bonds. The van der Waals surface area contributed by atoms with Crippen molar-refractivity contribution in [2.75, 3.05) is 6.61 Å². The molecule has 3 nitrogen and oxygen atoms in total. The van der Waals surface area contributed by atoms with E-state index in [0.717, 1.165) is 22.0 Å². The van der Waals surface area contributed by atoms with Crippen LogP contribution in [0.15, 0.2) is 29.6 Å². The maximum absolute atomic E-state index is 6.18. The Morgan fingerprint density at radius 3 is 2.94 bits per heavy atom. The highest BCUT2D eigenvalue weighted by molar-refractivity contribution is 7.09. The largest absolute Gasteiger partial charge is 0.494 e. The van der Waals surface area contributed by atoms with Crippen molar-refractivity contribution in [1.82, 2.24) is 4.98 Å². The first-order valence-electron chi connectivity index (χ1n) is 5.61. The number of hydrogen-bond acceptors (Lipinski definition) is 4. The van der Waals surface area contributed by atoms with Gasteiger partial charge in [0.2, 0.25) is 0 Å². The van der Waals surface area contributed by atoms with Gasteiger partial charge in [0.1, 0.15) is 5.75 Å². The number of benzene rings is 1. The third-order valence-electron chi connectivity index (χ3n) is 2.48.